The zero-order valence-electron chi connectivity index (χ0n) is 20.3. The molecule has 0 spiro atoms. The Morgan fingerprint density at radius 2 is 0.895 bits per heavy atom. The lowest BCUT2D eigenvalue weighted by Crippen LogP contribution is -2.28. The van der Waals surface area contributed by atoms with Crippen molar-refractivity contribution in [2.75, 3.05) is 0 Å². The molecule has 0 fully saturated rings. The van der Waals surface area contributed by atoms with Gasteiger partial charge in [0.15, 0.2) is 11.0 Å². The normalized spacial score (nSPS) is 11.2. The van der Waals surface area contributed by atoms with E-state index in [2.05, 4.69) is 149 Å². The van der Waals surface area contributed by atoms with Crippen LogP contribution in [-0.2, 0) is 0 Å². The van der Waals surface area contributed by atoms with E-state index in [1.807, 2.05) is 0 Å². The van der Waals surface area contributed by atoms with E-state index in [1.165, 1.54) is 33.3 Å². The van der Waals surface area contributed by atoms with Gasteiger partial charge in [0.25, 0.3) is 6.33 Å². The van der Waals surface area contributed by atoms with Crippen LogP contribution in [0.2, 0.25) is 0 Å². The molecule has 2 nitrogen and oxygen atoms in total. The summed E-state index contributed by atoms with van der Waals surface area (Å²) in [7, 11) is -6.00. The first-order chi connectivity index (χ1) is 18.4. The molecule has 0 saturated heterocycles. The largest absolute Gasteiger partial charge is 0.673 e. The predicted octanol–water partition coefficient (Wildman–Crippen LogP) is 8.54. The van der Waals surface area contributed by atoms with Crippen molar-refractivity contribution in [3.8, 4) is 33.6 Å². The molecule has 5 aromatic carbocycles. The van der Waals surface area contributed by atoms with Gasteiger partial charge in [-0.2, -0.15) is 9.13 Å². The van der Waals surface area contributed by atoms with Crippen LogP contribution in [0.15, 0.2) is 140 Å². The summed E-state index contributed by atoms with van der Waals surface area (Å²) >= 11 is 0. The molecule has 38 heavy (non-hydrogen) atoms. The van der Waals surface area contributed by atoms with Gasteiger partial charge in [-0.05, 0) is 58.7 Å². The van der Waals surface area contributed by atoms with Gasteiger partial charge in [0.1, 0.15) is 11.4 Å². The number of rotatable bonds is 4. The highest BCUT2D eigenvalue weighted by Gasteiger charge is 2.21. The van der Waals surface area contributed by atoms with Crippen LogP contribution < -0.4 is 4.57 Å². The summed E-state index contributed by atoms with van der Waals surface area (Å²) in [6.45, 7) is 0. The Labute approximate surface area is 218 Å². The first-order valence-electron chi connectivity index (χ1n) is 12.1. The summed E-state index contributed by atoms with van der Waals surface area (Å²) in [6.07, 6.45) is 2.18. The van der Waals surface area contributed by atoms with Crippen molar-refractivity contribution < 1.29 is 21.8 Å². The monoisotopic (exact) mass is 510 g/mol. The molecule has 0 saturated carbocycles. The van der Waals surface area contributed by atoms with E-state index < -0.39 is 7.25 Å². The zero-order valence-corrected chi connectivity index (χ0v) is 20.3. The summed E-state index contributed by atoms with van der Waals surface area (Å²) in [4.78, 5) is 0. The lowest BCUT2D eigenvalue weighted by molar-refractivity contribution is -0.567. The molecule has 6 aromatic rings. The molecular formula is C31H23BF4N2. The first kappa shape index (κ1) is 25.0. The fourth-order valence-corrected chi connectivity index (χ4v) is 4.41. The zero-order chi connectivity index (χ0) is 26.5. The number of aromatic nitrogens is 2. The molecule has 0 amide bonds. The number of nitrogens with zero attached hydrogens (tertiary/aromatic N) is 2. The number of imidazole rings is 1. The summed E-state index contributed by atoms with van der Waals surface area (Å²) in [5, 5.41) is 0. The van der Waals surface area contributed by atoms with Gasteiger partial charge in [0, 0.05) is 0 Å². The van der Waals surface area contributed by atoms with Crippen molar-refractivity contribution in [2.45, 2.75) is 0 Å². The van der Waals surface area contributed by atoms with E-state index in [-0.39, 0.29) is 0 Å². The molecule has 0 unspecified atom stereocenters. The van der Waals surface area contributed by atoms with E-state index in [9.17, 15) is 17.3 Å². The molecule has 0 radical (unpaired) electrons. The number of halogens is 4. The smallest absolute Gasteiger partial charge is 0.418 e. The van der Waals surface area contributed by atoms with E-state index in [0.29, 0.717) is 0 Å². The third kappa shape index (κ3) is 5.84. The molecule has 0 aliphatic rings. The third-order valence-corrected chi connectivity index (χ3v) is 6.14. The van der Waals surface area contributed by atoms with Crippen LogP contribution in [0.4, 0.5) is 17.3 Å². The fourth-order valence-electron chi connectivity index (χ4n) is 4.41. The van der Waals surface area contributed by atoms with Gasteiger partial charge >= 0.3 is 7.25 Å². The van der Waals surface area contributed by atoms with Crippen molar-refractivity contribution in [2.24, 2.45) is 0 Å². The van der Waals surface area contributed by atoms with E-state index in [4.69, 9.17) is 0 Å². The lowest BCUT2D eigenvalue weighted by atomic mass is 10.1. The van der Waals surface area contributed by atoms with Gasteiger partial charge in [0.05, 0.1) is 0 Å². The Kier molecular flexibility index (Phi) is 7.09. The number of fused-ring (bicyclic) bond motifs is 1. The standard InChI is InChI=1S/C31H23N2.BF4/c1-3-9-24(10-4-1)26-15-19-28(20-16-26)32-23-33(31-14-8-7-13-30(31)32)29-21-17-27(18-22-29)25-11-5-2-6-12-25;2-1(3,4)5/h1-23H;/q+1;-1. The number of para-hydroxylation sites is 2. The molecule has 1 aromatic heterocycles. The topological polar surface area (TPSA) is 8.81 Å². The summed E-state index contributed by atoms with van der Waals surface area (Å²) in [6, 6.07) is 47.1. The predicted molar refractivity (Wildman–Crippen MR) is 146 cm³/mol. The van der Waals surface area contributed by atoms with Crippen LogP contribution in [0.1, 0.15) is 0 Å². The highest BCUT2D eigenvalue weighted by atomic mass is 19.5. The van der Waals surface area contributed by atoms with Crippen LogP contribution in [0, 0.1) is 0 Å². The van der Waals surface area contributed by atoms with Crippen molar-refractivity contribution >= 4 is 18.3 Å². The van der Waals surface area contributed by atoms with Crippen molar-refractivity contribution in [1.29, 1.82) is 0 Å². The molecule has 0 atom stereocenters. The van der Waals surface area contributed by atoms with E-state index in [0.717, 1.165) is 11.4 Å². The minimum absolute atomic E-state index is 1.14. The minimum atomic E-state index is -6.00. The summed E-state index contributed by atoms with van der Waals surface area (Å²) < 4.78 is 43.5. The minimum Gasteiger partial charge on any atom is -0.418 e. The molecule has 6 rings (SSSR count). The fraction of sp³-hybridized carbons (Fsp3) is 0. The second-order valence-corrected chi connectivity index (χ2v) is 8.66. The maximum Gasteiger partial charge on any atom is 0.673 e. The van der Waals surface area contributed by atoms with Crippen LogP contribution in [0.3, 0.4) is 0 Å². The number of hydrogen-bond donors (Lipinski definition) is 0. The maximum absolute atomic E-state index is 9.75. The van der Waals surface area contributed by atoms with Crippen LogP contribution >= 0.6 is 0 Å². The molecule has 0 aliphatic carbocycles. The quantitative estimate of drug-likeness (QED) is 0.128. The van der Waals surface area contributed by atoms with Crippen LogP contribution in [-0.4, -0.2) is 11.8 Å². The molecule has 7 heteroatoms. The number of hydrogen-bond acceptors (Lipinski definition) is 0. The molecular weight excluding hydrogens is 487 g/mol. The Bertz CT molecular complexity index is 1510. The van der Waals surface area contributed by atoms with Crippen molar-refractivity contribution in [3.05, 3.63) is 140 Å². The SMILES string of the molecule is F[B-](F)(F)F.c1ccc(-c2ccc(-n3c[n+](-c4ccc(-c5ccccc5)cc4)c4ccccc43)cc2)cc1. The highest BCUT2D eigenvalue weighted by molar-refractivity contribution is 6.50. The average molecular weight is 510 g/mol. The van der Waals surface area contributed by atoms with E-state index >= 15 is 0 Å². The van der Waals surface area contributed by atoms with Gasteiger partial charge in [-0.25, -0.2) is 0 Å². The summed E-state index contributed by atoms with van der Waals surface area (Å²) in [5.74, 6) is 0. The third-order valence-electron chi connectivity index (χ3n) is 6.14. The maximum atomic E-state index is 9.75. The second kappa shape index (κ2) is 10.8. The van der Waals surface area contributed by atoms with Crippen LogP contribution in [0.5, 0.6) is 0 Å². The van der Waals surface area contributed by atoms with Gasteiger partial charge in [-0.3, -0.25) is 0 Å². The Morgan fingerprint density at radius 3 is 1.42 bits per heavy atom. The second-order valence-electron chi connectivity index (χ2n) is 8.66. The van der Waals surface area contributed by atoms with Crippen molar-refractivity contribution in [3.63, 3.8) is 0 Å². The van der Waals surface area contributed by atoms with Crippen molar-refractivity contribution in [1.82, 2.24) is 4.57 Å². The molecule has 0 bridgehead atoms. The molecule has 0 aliphatic heterocycles. The van der Waals surface area contributed by atoms with Gasteiger partial charge in [-0.1, -0.05) is 97.1 Å². The average Bonchev–Trinajstić information content (AvgIpc) is 3.33. The molecule has 1 heterocycles. The Hall–Kier alpha value is -4.65. The highest BCUT2D eigenvalue weighted by Crippen LogP contribution is 2.24. The van der Waals surface area contributed by atoms with Gasteiger partial charge in [0.2, 0.25) is 0 Å². The Balaban J connectivity index is 0.000000540. The number of benzene rings is 5. The first-order valence-corrected chi connectivity index (χ1v) is 12.1. The summed E-state index contributed by atoms with van der Waals surface area (Å²) in [5.41, 5.74) is 9.55. The van der Waals surface area contributed by atoms with Crippen LogP contribution in [0.25, 0.3) is 44.7 Å². The van der Waals surface area contributed by atoms with E-state index in [1.54, 1.807) is 0 Å². The molecule has 188 valence electrons. The Morgan fingerprint density at radius 1 is 0.474 bits per heavy atom. The lowest BCUT2D eigenvalue weighted by Gasteiger charge is -2.03. The molecule has 0 N–H and O–H groups in total. The van der Waals surface area contributed by atoms with Gasteiger partial charge < -0.3 is 17.3 Å². The van der Waals surface area contributed by atoms with Gasteiger partial charge in [-0.15, -0.1) is 0 Å².